The highest BCUT2D eigenvalue weighted by Gasteiger charge is 2.34. The number of fused-ring (bicyclic) bond motifs is 1. The second-order valence-corrected chi connectivity index (χ2v) is 9.09. The van der Waals surface area contributed by atoms with Gasteiger partial charge >= 0.3 is 6.03 Å². The molecule has 178 valence electrons. The minimum Gasteiger partial charge on any atom is -0.348 e. The molecule has 0 saturated carbocycles. The average Bonchev–Trinajstić information content (AvgIpc) is 3.27. The topological polar surface area (TPSA) is 57.6 Å². The van der Waals surface area contributed by atoms with E-state index in [1.165, 1.54) is 12.1 Å². The van der Waals surface area contributed by atoms with Crippen molar-refractivity contribution in [2.75, 3.05) is 18.4 Å². The summed E-state index contributed by atoms with van der Waals surface area (Å²) in [6, 6.07) is 15.2. The minimum absolute atomic E-state index is 0.0685. The number of para-hydroxylation sites is 1. The molecule has 4 rings (SSSR count). The molecule has 7 heteroatoms. The molecule has 0 aliphatic carbocycles. The summed E-state index contributed by atoms with van der Waals surface area (Å²) in [5, 5.41) is 2.99. The van der Waals surface area contributed by atoms with Gasteiger partial charge in [-0.3, -0.25) is 4.79 Å². The van der Waals surface area contributed by atoms with Crippen molar-refractivity contribution in [2.24, 2.45) is 0 Å². The first-order valence-corrected chi connectivity index (χ1v) is 11.6. The summed E-state index contributed by atoms with van der Waals surface area (Å²) in [7, 11) is 0. The molecule has 1 aromatic heterocycles. The van der Waals surface area contributed by atoms with Crippen molar-refractivity contribution in [3.63, 3.8) is 0 Å². The molecule has 1 aliphatic rings. The van der Waals surface area contributed by atoms with Crippen LogP contribution in [0.3, 0.4) is 0 Å². The van der Waals surface area contributed by atoms with E-state index in [1.54, 1.807) is 15.9 Å². The van der Waals surface area contributed by atoms with E-state index in [-0.39, 0.29) is 30.3 Å². The molecule has 34 heavy (non-hydrogen) atoms. The van der Waals surface area contributed by atoms with Crippen molar-refractivity contribution in [1.29, 1.82) is 0 Å². The van der Waals surface area contributed by atoms with Crippen LogP contribution in [0.25, 0.3) is 0 Å². The maximum atomic E-state index is 14.1. The number of amides is 3. The summed E-state index contributed by atoms with van der Waals surface area (Å²) in [6.45, 7) is 8.73. The molecule has 0 fully saturated rings. The Morgan fingerprint density at radius 3 is 2.44 bits per heavy atom. The van der Waals surface area contributed by atoms with Crippen LogP contribution in [0, 0.1) is 19.7 Å². The van der Waals surface area contributed by atoms with Gasteiger partial charge in [0.15, 0.2) is 0 Å². The van der Waals surface area contributed by atoms with Gasteiger partial charge in [0.05, 0.1) is 6.04 Å². The van der Waals surface area contributed by atoms with Gasteiger partial charge in [-0.1, -0.05) is 30.3 Å². The lowest BCUT2D eigenvalue weighted by Crippen LogP contribution is -2.50. The van der Waals surface area contributed by atoms with E-state index in [2.05, 4.69) is 9.88 Å². The third kappa shape index (κ3) is 4.69. The minimum atomic E-state index is -0.414. The van der Waals surface area contributed by atoms with E-state index >= 15 is 0 Å². The van der Waals surface area contributed by atoms with Gasteiger partial charge in [0.2, 0.25) is 5.91 Å². The first-order chi connectivity index (χ1) is 16.3. The molecule has 2 heterocycles. The lowest BCUT2D eigenvalue weighted by Gasteiger charge is -2.39. The highest BCUT2D eigenvalue weighted by molar-refractivity contribution is 5.94. The third-order valence-corrected chi connectivity index (χ3v) is 6.43. The fourth-order valence-corrected chi connectivity index (χ4v) is 4.60. The average molecular weight is 463 g/mol. The maximum absolute atomic E-state index is 14.1. The van der Waals surface area contributed by atoms with Crippen molar-refractivity contribution >= 4 is 17.6 Å². The molecule has 1 N–H and O–H groups in total. The maximum Gasteiger partial charge on any atom is 0.322 e. The van der Waals surface area contributed by atoms with Crippen LogP contribution in [-0.2, 0) is 11.3 Å². The monoisotopic (exact) mass is 462 g/mol. The van der Waals surface area contributed by atoms with Crippen molar-refractivity contribution in [1.82, 2.24) is 14.4 Å². The lowest BCUT2D eigenvalue weighted by molar-refractivity contribution is -0.134. The van der Waals surface area contributed by atoms with Crippen molar-refractivity contribution in [3.05, 3.63) is 89.0 Å². The first kappa shape index (κ1) is 23.5. The lowest BCUT2D eigenvalue weighted by atomic mass is 9.99. The number of hydrogen-bond acceptors (Lipinski definition) is 2. The fourth-order valence-electron chi connectivity index (χ4n) is 4.60. The van der Waals surface area contributed by atoms with E-state index in [4.69, 9.17) is 0 Å². The Bertz CT molecular complexity index is 1180. The quantitative estimate of drug-likeness (QED) is 0.572. The second kappa shape index (κ2) is 9.71. The molecule has 1 aliphatic heterocycles. The number of anilines is 1. The van der Waals surface area contributed by atoms with Gasteiger partial charge in [0.25, 0.3) is 0 Å². The number of carbonyl (C=O) groups excluding carboxylic acids is 2. The first-order valence-electron chi connectivity index (χ1n) is 11.6. The Hall–Kier alpha value is -3.61. The molecular formula is C27H31FN4O2. The zero-order chi connectivity index (χ0) is 24.4. The van der Waals surface area contributed by atoms with Crippen LogP contribution in [0.1, 0.15) is 42.3 Å². The standard InChI is InChI=1S/C27H31FN4O2/c1-18(2)32(27(34)29-25-19(3)8-5-9-20(25)4)17-24(33)31-15-14-30-13-7-12-23(30)26(31)21-10-6-11-22(28)16-21/h5-13,16,18,26H,14-15,17H2,1-4H3,(H,29,34). The Morgan fingerprint density at radius 1 is 1.06 bits per heavy atom. The molecule has 0 saturated heterocycles. The predicted octanol–water partition coefficient (Wildman–Crippen LogP) is 5.12. The summed E-state index contributed by atoms with van der Waals surface area (Å²) < 4.78 is 16.2. The number of rotatable bonds is 5. The van der Waals surface area contributed by atoms with Crippen LogP contribution in [0.2, 0.25) is 0 Å². The van der Waals surface area contributed by atoms with Crippen LogP contribution < -0.4 is 5.32 Å². The number of urea groups is 1. The molecule has 1 unspecified atom stereocenters. The number of hydrogen-bond donors (Lipinski definition) is 1. The van der Waals surface area contributed by atoms with Gasteiger partial charge in [0, 0.05) is 36.7 Å². The van der Waals surface area contributed by atoms with E-state index < -0.39 is 6.04 Å². The normalized spacial score (nSPS) is 15.2. The number of aromatic nitrogens is 1. The summed E-state index contributed by atoms with van der Waals surface area (Å²) >= 11 is 0. The molecule has 0 spiro atoms. The molecule has 3 aromatic rings. The number of nitrogens with one attached hydrogen (secondary N) is 1. The van der Waals surface area contributed by atoms with E-state index in [1.807, 2.05) is 70.3 Å². The number of halogens is 1. The fraction of sp³-hybridized carbons (Fsp3) is 0.333. The van der Waals surface area contributed by atoms with E-state index in [0.29, 0.717) is 18.7 Å². The number of aryl methyl sites for hydroxylation is 2. The molecule has 3 amide bonds. The summed E-state index contributed by atoms with van der Waals surface area (Å²) in [5.41, 5.74) is 4.34. The summed E-state index contributed by atoms with van der Waals surface area (Å²) in [6.07, 6.45) is 1.97. The molecule has 1 atom stereocenters. The SMILES string of the molecule is Cc1cccc(C)c1NC(=O)N(CC(=O)N1CCn2cccc2C1c1cccc(F)c1)C(C)C. The van der Waals surface area contributed by atoms with Gasteiger partial charge in [-0.25, -0.2) is 9.18 Å². The van der Waals surface area contributed by atoms with Crippen LogP contribution >= 0.6 is 0 Å². The Morgan fingerprint density at radius 2 is 1.76 bits per heavy atom. The Labute approximate surface area is 200 Å². The van der Waals surface area contributed by atoms with Gasteiger partial charge in [-0.2, -0.15) is 0 Å². The zero-order valence-corrected chi connectivity index (χ0v) is 20.1. The number of carbonyl (C=O) groups is 2. The zero-order valence-electron chi connectivity index (χ0n) is 20.1. The van der Waals surface area contributed by atoms with E-state index in [0.717, 1.165) is 22.5 Å². The van der Waals surface area contributed by atoms with Crippen LogP contribution in [0.5, 0.6) is 0 Å². The van der Waals surface area contributed by atoms with Gasteiger partial charge in [-0.05, 0) is 68.7 Å². The molecule has 0 radical (unpaired) electrons. The Kier molecular flexibility index (Phi) is 6.72. The number of benzene rings is 2. The highest BCUT2D eigenvalue weighted by Crippen LogP contribution is 2.33. The molecule has 2 aromatic carbocycles. The van der Waals surface area contributed by atoms with Crippen molar-refractivity contribution in [3.8, 4) is 0 Å². The third-order valence-electron chi connectivity index (χ3n) is 6.43. The highest BCUT2D eigenvalue weighted by atomic mass is 19.1. The van der Waals surface area contributed by atoms with E-state index in [9.17, 15) is 14.0 Å². The summed E-state index contributed by atoms with van der Waals surface area (Å²) in [4.78, 5) is 30.1. The van der Waals surface area contributed by atoms with Crippen LogP contribution in [0.15, 0.2) is 60.8 Å². The smallest absolute Gasteiger partial charge is 0.322 e. The van der Waals surface area contributed by atoms with Crippen LogP contribution in [-0.4, -0.2) is 45.4 Å². The molecular weight excluding hydrogens is 431 g/mol. The number of nitrogens with zero attached hydrogens (tertiary/aromatic N) is 3. The summed E-state index contributed by atoms with van der Waals surface area (Å²) in [5.74, 6) is -0.516. The van der Waals surface area contributed by atoms with Gasteiger partial charge in [-0.15, -0.1) is 0 Å². The second-order valence-electron chi connectivity index (χ2n) is 9.09. The Balaban J connectivity index is 1.59. The molecule has 0 bridgehead atoms. The van der Waals surface area contributed by atoms with Crippen molar-refractivity contribution < 1.29 is 14.0 Å². The van der Waals surface area contributed by atoms with Crippen molar-refractivity contribution in [2.45, 2.75) is 46.3 Å². The van der Waals surface area contributed by atoms with Gasteiger partial charge < -0.3 is 19.7 Å². The molecule has 6 nitrogen and oxygen atoms in total. The largest absolute Gasteiger partial charge is 0.348 e. The van der Waals surface area contributed by atoms with Crippen LogP contribution in [0.4, 0.5) is 14.9 Å². The predicted molar refractivity (Wildman–Crippen MR) is 131 cm³/mol. The van der Waals surface area contributed by atoms with Gasteiger partial charge in [0.1, 0.15) is 12.4 Å².